The molecule has 0 spiro atoms. The SMILES string of the molecule is Cc1ccccc1N1C(=O)c2cc(-c3ccco3)nn2C[C@]1(C)C(=O)NC1CCCC1. The van der Waals surface area contributed by atoms with Crippen LogP contribution >= 0.6 is 0 Å². The number of aryl methyl sites for hydroxylation is 1. The summed E-state index contributed by atoms with van der Waals surface area (Å²) >= 11 is 0. The van der Waals surface area contributed by atoms with Gasteiger partial charge < -0.3 is 9.73 Å². The highest BCUT2D eigenvalue weighted by molar-refractivity contribution is 6.12. The largest absolute Gasteiger partial charge is 0.463 e. The Hall–Kier alpha value is -3.35. The topological polar surface area (TPSA) is 80.4 Å². The average molecular weight is 418 g/mol. The van der Waals surface area contributed by atoms with Crippen LogP contribution in [0.25, 0.3) is 11.5 Å². The molecule has 1 saturated carbocycles. The van der Waals surface area contributed by atoms with E-state index in [-0.39, 0.29) is 24.4 Å². The van der Waals surface area contributed by atoms with E-state index in [1.807, 2.05) is 44.2 Å². The molecular weight excluding hydrogens is 392 g/mol. The number of fused-ring (bicyclic) bond motifs is 1. The molecule has 3 aromatic rings. The summed E-state index contributed by atoms with van der Waals surface area (Å²) in [5.74, 6) is 0.209. The molecule has 0 saturated heterocycles. The Balaban J connectivity index is 1.60. The number of carbonyl (C=O) groups is 2. The van der Waals surface area contributed by atoms with Crippen LogP contribution in [0.5, 0.6) is 0 Å². The summed E-state index contributed by atoms with van der Waals surface area (Å²) in [6.07, 6.45) is 5.79. The number of rotatable bonds is 4. The Morgan fingerprint density at radius 1 is 1.19 bits per heavy atom. The number of hydrogen-bond acceptors (Lipinski definition) is 4. The minimum absolute atomic E-state index is 0.142. The standard InChI is InChI=1S/C24H26N4O3/c1-16-8-3-6-11-19(16)28-22(29)20-14-18(21-12-7-13-31-21)26-27(20)15-24(28,2)23(30)25-17-9-4-5-10-17/h3,6-8,11-14,17H,4-5,9-10,15H2,1-2H3,(H,25,30)/t24-/m1/s1. The van der Waals surface area contributed by atoms with Crippen molar-refractivity contribution in [3.63, 3.8) is 0 Å². The zero-order valence-electron chi connectivity index (χ0n) is 17.8. The van der Waals surface area contributed by atoms with E-state index in [0.717, 1.165) is 36.9 Å². The maximum Gasteiger partial charge on any atom is 0.277 e. The van der Waals surface area contributed by atoms with E-state index in [1.54, 1.807) is 28.0 Å². The van der Waals surface area contributed by atoms with Crippen LogP contribution < -0.4 is 10.2 Å². The minimum atomic E-state index is -1.11. The molecular formula is C24H26N4O3. The summed E-state index contributed by atoms with van der Waals surface area (Å²) in [5, 5.41) is 7.80. The number of carbonyl (C=O) groups excluding carboxylic acids is 2. The summed E-state index contributed by atoms with van der Waals surface area (Å²) in [7, 11) is 0. The number of nitrogens with zero attached hydrogens (tertiary/aromatic N) is 3. The van der Waals surface area contributed by atoms with Crippen LogP contribution in [-0.2, 0) is 11.3 Å². The molecule has 7 nitrogen and oxygen atoms in total. The number of nitrogens with one attached hydrogen (secondary N) is 1. The van der Waals surface area contributed by atoms with Crippen molar-refractivity contribution in [1.29, 1.82) is 0 Å². The van der Waals surface area contributed by atoms with Crippen LogP contribution in [0.4, 0.5) is 5.69 Å². The van der Waals surface area contributed by atoms with Gasteiger partial charge in [0.05, 0.1) is 12.8 Å². The van der Waals surface area contributed by atoms with Gasteiger partial charge in [0.2, 0.25) is 5.91 Å². The van der Waals surface area contributed by atoms with E-state index in [4.69, 9.17) is 4.42 Å². The summed E-state index contributed by atoms with van der Waals surface area (Å²) in [5.41, 5.74) is 1.60. The van der Waals surface area contributed by atoms with Gasteiger partial charge in [0.25, 0.3) is 5.91 Å². The van der Waals surface area contributed by atoms with Crippen LogP contribution in [0.3, 0.4) is 0 Å². The van der Waals surface area contributed by atoms with Gasteiger partial charge in [-0.3, -0.25) is 19.2 Å². The summed E-state index contributed by atoms with van der Waals surface area (Å²) < 4.78 is 7.11. The molecule has 2 amide bonds. The van der Waals surface area contributed by atoms with Crippen molar-refractivity contribution in [2.75, 3.05) is 4.90 Å². The number of furan rings is 1. The molecule has 1 aliphatic heterocycles. The first-order valence-corrected chi connectivity index (χ1v) is 10.8. The molecule has 7 heteroatoms. The van der Waals surface area contributed by atoms with E-state index in [9.17, 15) is 9.59 Å². The summed E-state index contributed by atoms with van der Waals surface area (Å²) in [6.45, 7) is 4.05. The molecule has 0 radical (unpaired) electrons. The van der Waals surface area contributed by atoms with Crippen LogP contribution in [-0.4, -0.2) is 33.2 Å². The quantitative estimate of drug-likeness (QED) is 0.696. The van der Waals surface area contributed by atoms with Gasteiger partial charge in [-0.2, -0.15) is 5.10 Å². The fourth-order valence-corrected chi connectivity index (χ4v) is 4.73. The Morgan fingerprint density at radius 2 is 1.97 bits per heavy atom. The first-order chi connectivity index (χ1) is 15.0. The minimum Gasteiger partial charge on any atom is -0.463 e. The van der Waals surface area contributed by atoms with Gasteiger partial charge in [-0.05, 0) is 50.5 Å². The van der Waals surface area contributed by atoms with E-state index in [2.05, 4.69) is 10.4 Å². The maximum atomic E-state index is 13.8. The molecule has 31 heavy (non-hydrogen) atoms. The van der Waals surface area contributed by atoms with Crippen molar-refractivity contribution in [2.45, 2.75) is 57.7 Å². The molecule has 0 bridgehead atoms. The Kier molecular flexibility index (Phi) is 4.68. The lowest BCUT2D eigenvalue weighted by molar-refractivity contribution is -0.127. The number of anilines is 1. The average Bonchev–Trinajstić information content (AvgIpc) is 3.50. The van der Waals surface area contributed by atoms with Crippen molar-refractivity contribution >= 4 is 17.5 Å². The number of aromatic nitrogens is 2. The molecule has 1 N–H and O–H groups in total. The highest BCUT2D eigenvalue weighted by atomic mass is 16.3. The van der Waals surface area contributed by atoms with Gasteiger partial charge in [0.1, 0.15) is 16.9 Å². The Bertz CT molecular complexity index is 1130. The van der Waals surface area contributed by atoms with Crippen LogP contribution in [0.1, 0.15) is 48.7 Å². The van der Waals surface area contributed by atoms with Crippen LogP contribution in [0, 0.1) is 6.92 Å². The van der Waals surface area contributed by atoms with Gasteiger partial charge in [-0.25, -0.2) is 0 Å². The predicted molar refractivity (Wildman–Crippen MR) is 117 cm³/mol. The second kappa shape index (κ2) is 7.41. The fraction of sp³-hybridized carbons (Fsp3) is 0.375. The molecule has 2 aliphatic rings. The first-order valence-electron chi connectivity index (χ1n) is 10.8. The molecule has 2 aromatic heterocycles. The monoisotopic (exact) mass is 418 g/mol. The van der Waals surface area contributed by atoms with Gasteiger partial charge in [-0.1, -0.05) is 31.0 Å². The summed E-state index contributed by atoms with van der Waals surface area (Å²) in [6, 6.07) is 13.2. The van der Waals surface area contributed by atoms with E-state index in [0.29, 0.717) is 17.1 Å². The van der Waals surface area contributed by atoms with Gasteiger partial charge >= 0.3 is 0 Å². The van der Waals surface area contributed by atoms with Crippen molar-refractivity contribution < 1.29 is 14.0 Å². The van der Waals surface area contributed by atoms with Crippen molar-refractivity contribution in [3.8, 4) is 11.5 Å². The highest BCUT2D eigenvalue weighted by Gasteiger charge is 2.49. The molecule has 1 fully saturated rings. The Labute approximate surface area is 181 Å². The maximum absolute atomic E-state index is 13.8. The van der Waals surface area contributed by atoms with Crippen LogP contribution in [0.2, 0.25) is 0 Å². The smallest absolute Gasteiger partial charge is 0.277 e. The molecule has 160 valence electrons. The highest BCUT2D eigenvalue weighted by Crippen LogP contribution is 2.36. The van der Waals surface area contributed by atoms with Gasteiger partial charge in [-0.15, -0.1) is 0 Å². The summed E-state index contributed by atoms with van der Waals surface area (Å²) in [4.78, 5) is 29.0. The second-order valence-electron chi connectivity index (χ2n) is 8.71. The van der Waals surface area contributed by atoms with E-state index < -0.39 is 5.54 Å². The Morgan fingerprint density at radius 3 is 2.68 bits per heavy atom. The molecule has 1 aromatic carbocycles. The molecule has 5 rings (SSSR count). The second-order valence-corrected chi connectivity index (χ2v) is 8.71. The number of benzene rings is 1. The zero-order valence-corrected chi connectivity index (χ0v) is 17.8. The normalized spacial score (nSPS) is 21.4. The number of para-hydroxylation sites is 1. The predicted octanol–water partition coefficient (Wildman–Crippen LogP) is 3.93. The van der Waals surface area contributed by atoms with E-state index in [1.165, 1.54) is 0 Å². The van der Waals surface area contributed by atoms with Crippen molar-refractivity contribution in [3.05, 3.63) is 60.0 Å². The third-order valence-electron chi connectivity index (χ3n) is 6.46. The van der Waals surface area contributed by atoms with Gasteiger partial charge in [0, 0.05) is 17.8 Å². The van der Waals surface area contributed by atoms with Crippen molar-refractivity contribution in [1.82, 2.24) is 15.1 Å². The third kappa shape index (κ3) is 3.24. The van der Waals surface area contributed by atoms with Gasteiger partial charge in [0.15, 0.2) is 5.76 Å². The van der Waals surface area contributed by atoms with E-state index >= 15 is 0 Å². The molecule has 1 aliphatic carbocycles. The molecule has 1 atom stereocenters. The third-order valence-corrected chi connectivity index (χ3v) is 6.46. The zero-order chi connectivity index (χ0) is 21.6. The number of amides is 2. The lowest BCUT2D eigenvalue weighted by Gasteiger charge is -2.44. The first kappa shape index (κ1) is 19.6. The van der Waals surface area contributed by atoms with Crippen LogP contribution in [0.15, 0.2) is 53.1 Å². The lowest BCUT2D eigenvalue weighted by Crippen LogP contribution is -2.65. The molecule has 3 heterocycles. The lowest BCUT2D eigenvalue weighted by atomic mass is 9.92. The fourth-order valence-electron chi connectivity index (χ4n) is 4.73. The van der Waals surface area contributed by atoms with Crippen molar-refractivity contribution in [2.24, 2.45) is 0 Å². The number of hydrogen-bond donors (Lipinski definition) is 1. The molecule has 0 unspecified atom stereocenters.